The Hall–Kier alpha value is -1.37. The molecule has 0 fully saturated rings. The van der Waals surface area contributed by atoms with Crippen LogP contribution in [0.15, 0.2) is 56.7 Å². The molecule has 0 aromatic heterocycles. The van der Waals surface area contributed by atoms with E-state index >= 15 is 0 Å². The lowest BCUT2D eigenvalue weighted by Crippen LogP contribution is -2.05. The van der Waals surface area contributed by atoms with E-state index < -0.39 is 0 Å². The normalized spacial score (nSPS) is 12.2. The molecule has 0 saturated heterocycles. The number of nitrogens with zero attached hydrogens (tertiary/aromatic N) is 1. The van der Waals surface area contributed by atoms with Gasteiger partial charge in [0.1, 0.15) is 0 Å². The molecular formula is C14H13BrN2O2S. The van der Waals surface area contributed by atoms with E-state index in [1.54, 1.807) is 18.2 Å². The van der Waals surface area contributed by atoms with Crippen molar-refractivity contribution >= 4 is 33.4 Å². The average molecular weight is 353 g/mol. The van der Waals surface area contributed by atoms with Crippen LogP contribution in [0.4, 0.5) is 5.69 Å². The molecule has 1 atom stereocenters. The molecule has 0 unspecified atom stereocenters. The van der Waals surface area contributed by atoms with E-state index in [1.807, 2.05) is 25.1 Å². The van der Waals surface area contributed by atoms with Crippen molar-refractivity contribution in [2.24, 2.45) is 5.73 Å². The zero-order valence-corrected chi connectivity index (χ0v) is 13.1. The van der Waals surface area contributed by atoms with E-state index in [2.05, 4.69) is 15.9 Å². The van der Waals surface area contributed by atoms with Crippen molar-refractivity contribution in [1.29, 1.82) is 0 Å². The summed E-state index contributed by atoms with van der Waals surface area (Å²) in [7, 11) is 0. The molecule has 0 aliphatic rings. The Bertz CT molecular complexity index is 647. The van der Waals surface area contributed by atoms with Crippen LogP contribution in [-0.2, 0) is 0 Å². The zero-order chi connectivity index (χ0) is 14.7. The fraction of sp³-hybridized carbons (Fsp3) is 0.143. The Morgan fingerprint density at radius 3 is 2.60 bits per heavy atom. The number of hydrogen-bond donors (Lipinski definition) is 1. The summed E-state index contributed by atoms with van der Waals surface area (Å²) < 4.78 is 0.913. The molecule has 2 rings (SSSR count). The molecule has 0 radical (unpaired) electrons. The molecule has 2 aromatic carbocycles. The molecule has 4 nitrogen and oxygen atoms in total. The van der Waals surface area contributed by atoms with E-state index in [1.165, 1.54) is 17.8 Å². The highest BCUT2D eigenvalue weighted by molar-refractivity contribution is 9.10. The van der Waals surface area contributed by atoms with Gasteiger partial charge in [0, 0.05) is 21.5 Å². The number of benzene rings is 2. The molecule has 0 bridgehead atoms. The van der Waals surface area contributed by atoms with Gasteiger partial charge in [-0.2, -0.15) is 0 Å². The second-order valence-electron chi connectivity index (χ2n) is 4.30. The summed E-state index contributed by atoms with van der Waals surface area (Å²) in [4.78, 5) is 12.2. The van der Waals surface area contributed by atoms with Crippen molar-refractivity contribution in [1.82, 2.24) is 0 Å². The van der Waals surface area contributed by atoms with Gasteiger partial charge in [-0.25, -0.2) is 0 Å². The summed E-state index contributed by atoms with van der Waals surface area (Å²) in [5, 5.41) is 11.0. The van der Waals surface area contributed by atoms with Crippen LogP contribution in [0.1, 0.15) is 18.5 Å². The van der Waals surface area contributed by atoms with Gasteiger partial charge < -0.3 is 5.73 Å². The van der Waals surface area contributed by atoms with Crippen LogP contribution in [-0.4, -0.2) is 4.92 Å². The first kappa shape index (κ1) is 15.0. The minimum atomic E-state index is -0.367. The van der Waals surface area contributed by atoms with E-state index in [0.717, 1.165) is 14.9 Å². The number of nitro groups is 1. The van der Waals surface area contributed by atoms with Crippen molar-refractivity contribution in [2.45, 2.75) is 22.8 Å². The monoisotopic (exact) mass is 352 g/mol. The second kappa shape index (κ2) is 6.39. The van der Waals surface area contributed by atoms with Gasteiger partial charge in [0.05, 0.1) is 9.82 Å². The van der Waals surface area contributed by atoms with Crippen LogP contribution in [0.25, 0.3) is 0 Å². The third-order valence-electron chi connectivity index (χ3n) is 2.75. The molecule has 104 valence electrons. The van der Waals surface area contributed by atoms with Crippen LogP contribution < -0.4 is 5.73 Å². The number of halogens is 1. The first-order valence-electron chi connectivity index (χ1n) is 5.95. The van der Waals surface area contributed by atoms with Gasteiger partial charge in [-0.15, -0.1) is 0 Å². The van der Waals surface area contributed by atoms with Crippen LogP contribution in [0.5, 0.6) is 0 Å². The van der Waals surface area contributed by atoms with Gasteiger partial charge in [-0.1, -0.05) is 45.9 Å². The fourth-order valence-corrected chi connectivity index (χ4v) is 3.61. The summed E-state index contributed by atoms with van der Waals surface area (Å²) in [6.45, 7) is 1.91. The molecule has 0 heterocycles. The highest BCUT2D eigenvalue weighted by Gasteiger charge is 2.14. The summed E-state index contributed by atoms with van der Waals surface area (Å²) in [6, 6.07) is 12.4. The van der Waals surface area contributed by atoms with Gasteiger partial charge in [0.25, 0.3) is 5.69 Å². The third kappa shape index (κ3) is 3.39. The number of rotatable bonds is 4. The van der Waals surface area contributed by atoms with Gasteiger partial charge >= 0.3 is 0 Å². The standard InChI is InChI=1S/C14H13BrN2O2S/c1-9(16)11-7-6-10(8-12(11)15)20-14-5-3-2-4-13(14)17(18)19/h2-9H,16H2,1H3/t9-/m1/s1. The molecule has 0 aliphatic carbocycles. The number of nitrogens with two attached hydrogens (primary N) is 1. The quantitative estimate of drug-likeness (QED) is 0.648. The predicted octanol–water partition coefficient (Wildman–Crippen LogP) is 4.53. The van der Waals surface area contributed by atoms with Crippen LogP contribution in [0, 0.1) is 10.1 Å². The van der Waals surface area contributed by atoms with Crippen molar-refractivity contribution in [3.8, 4) is 0 Å². The smallest absolute Gasteiger partial charge is 0.283 e. The molecule has 0 saturated carbocycles. The van der Waals surface area contributed by atoms with Crippen molar-refractivity contribution < 1.29 is 4.92 Å². The Morgan fingerprint density at radius 1 is 1.30 bits per heavy atom. The highest BCUT2D eigenvalue weighted by atomic mass is 79.9. The Labute approximate surface area is 129 Å². The molecule has 2 N–H and O–H groups in total. The first-order chi connectivity index (χ1) is 9.49. The highest BCUT2D eigenvalue weighted by Crippen LogP contribution is 2.36. The fourth-order valence-electron chi connectivity index (χ4n) is 1.76. The minimum absolute atomic E-state index is 0.0607. The summed E-state index contributed by atoms with van der Waals surface area (Å²) in [5.41, 5.74) is 6.98. The van der Waals surface area contributed by atoms with Crippen LogP contribution >= 0.6 is 27.7 Å². The van der Waals surface area contributed by atoms with E-state index in [-0.39, 0.29) is 16.7 Å². The Kier molecular flexibility index (Phi) is 4.80. The Balaban J connectivity index is 2.31. The van der Waals surface area contributed by atoms with Crippen LogP contribution in [0.3, 0.4) is 0 Å². The second-order valence-corrected chi connectivity index (χ2v) is 6.27. The number of nitro benzene ring substituents is 1. The SMILES string of the molecule is C[C@@H](N)c1ccc(Sc2ccccc2[N+](=O)[O-])cc1Br. The molecule has 2 aromatic rings. The van der Waals surface area contributed by atoms with Gasteiger partial charge in [0.15, 0.2) is 0 Å². The third-order valence-corrected chi connectivity index (χ3v) is 4.49. The maximum absolute atomic E-state index is 11.0. The van der Waals surface area contributed by atoms with Crippen LogP contribution in [0.2, 0.25) is 0 Å². The summed E-state index contributed by atoms with van der Waals surface area (Å²) in [6.07, 6.45) is 0. The maximum atomic E-state index is 11.0. The van der Waals surface area contributed by atoms with Crippen molar-refractivity contribution in [3.05, 3.63) is 62.6 Å². The lowest BCUT2D eigenvalue weighted by atomic mass is 10.1. The first-order valence-corrected chi connectivity index (χ1v) is 7.56. The minimum Gasteiger partial charge on any atom is -0.324 e. The lowest BCUT2D eigenvalue weighted by molar-refractivity contribution is -0.387. The maximum Gasteiger partial charge on any atom is 0.283 e. The molecule has 6 heteroatoms. The van der Waals surface area contributed by atoms with Gasteiger partial charge in [-0.3, -0.25) is 10.1 Å². The van der Waals surface area contributed by atoms with E-state index in [9.17, 15) is 10.1 Å². The largest absolute Gasteiger partial charge is 0.324 e. The van der Waals surface area contributed by atoms with Crippen molar-refractivity contribution in [2.75, 3.05) is 0 Å². The van der Waals surface area contributed by atoms with E-state index in [4.69, 9.17) is 5.73 Å². The van der Waals surface area contributed by atoms with Gasteiger partial charge in [0.2, 0.25) is 0 Å². The molecule has 0 amide bonds. The number of para-hydroxylation sites is 1. The molecule has 0 spiro atoms. The summed E-state index contributed by atoms with van der Waals surface area (Å²) in [5.74, 6) is 0. The zero-order valence-electron chi connectivity index (χ0n) is 10.7. The molecule has 20 heavy (non-hydrogen) atoms. The van der Waals surface area contributed by atoms with Crippen molar-refractivity contribution in [3.63, 3.8) is 0 Å². The number of hydrogen-bond acceptors (Lipinski definition) is 4. The van der Waals surface area contributed by atoms with E-state index in [0.29, 0.717) is 4.90 Å². The summed E-state index contributed by atoms with van der Waals surface area (Å²) >= 11 is 4.85. The molecular weight excluding hydrogens is 340 g/mol. The molecule has 0 aliphatic heterocycles. The van der Waals surface area contributed by atoms with Gasteiger partial charge in [-0.05, 0) is 30.7 Å². The Morgan fingerprint density at radius 2 is 2.00 bits per heavy atom. The average Bonchev–Trinajstić information content (AvgIpc) is 2.38. The lowest BCUT2D eigenvalue weighted by Gasteiger charge is -2.10. The topological polar surface area (TPSA) is 69.2 Å². The predicted molar refractivity (Wildman–Crippen MR) is 84.0 cm³/mol.